The average molecular weight is 300 g/mol. The van der Waals surface area contributed by atoms with Crippen molar-refractivity contribution in [2.24, 2.45) is 0 Å². The number of hydrogen-bond acceptors (Lipinski definition) is 3. The molecule has 2 aromatic rings. The SMILES string of the molecule is Cc1ccc(C)c(NS(=O)(=O)c2cc(C#N)ccc2C)c1. The van der Waals surface area contributed by atoms with Crippen LogP contribution in [0.4, 0.5) is 5.69 Å². The van der Waals surface area contributed by atoms with Gasteiger partial charge in [-0.3, -0.25) is 4.72 Å². The molecule has 0 unspecified atom stereocenters. The van der Waals surface area contributed by atoms with E-state index < -0.39 is 10.0 Å². The number of anilines is 1. The van der Waals surface area contributed by atoms with Gasteiger partial charge in [0.15, 0.2) is 0 Å². The summed E-state index contributed by atoms with van der Waals surface area (Å²) in [6.07, 6.45) is 0. The maximum atomic E-state index is 12.5. The molecular formula is C16H16N2O2S. The molecule has 0 aliphatic rings. The van der Waals surface area contributed by atoms with E-state index in [-0.39, 0.29) is 4.90 Å². The first-order chi connectivity index (χ1) is 9.83. The van der Waals surface area contributed by atoms with Gasteiger partial charge < -0.3 is 0 Å². The van der Waals surface area contributed by atoms with Crippen molar-refractivity contribution in [2.75, 3.05) is 4.72 Å². The fourth-order valence-corrected chi connectivity index (χ4v) is 3.40. The minimum Gasteiger partial charge on any atom is -0.279 e. The van der Waals surface area contributed by atoms with Gasteiger partial charge in [-0.2, -0.15) is 5.26 Å². The molecule has 0 spiro atoms. The minimum absolute atomic E-state index is 0.127. The molecule has 0 fully saturated rings. The zero-order chi connectivity index (χ0) is 15.6. The van der Waals surface area contributed by atoms with E-state index in [1.807, 2.05) is 32.0 Å². The van der Waals surface area contributed by atoms with E-state index in [1.165, 1.54) is 6.07 Å². The van der Waals surface area contributed by atoms with Crippen molar-refractivity contribution in [3.63, 3.8) is 0 Å². The molecule has 0 aliphatic carbocycles. The van der Waals surface area contributed by atoms with Crippen LogP contribution in [0.25, 0.3) is 0 Å². The van der Waals surface area contributed by atoms with Gasteiger partial charge in [-0.25, -0.2) is 8.42 Å². The highest BCUT2D eigenvalue weighted by Crippen LogP contribution is 2.23. The summed E-state index contributed by atoms with van der Waals surface area (Å²) in [5.41, 5.74) is 3.30. The zero-order valence-corrected chi connectivity index (χ0v) is 13.0. The van der Waals surface area contributed by atoms with Crippen molar-refractivity contribution in [3.8, 4) is 6.07 Å². The molecular weight excluding hydrogens is 284 g/mol. The van der Waals surface area contributed by atoms with Crippen molar-refractivity contribution in [2.45, 2.75) is 25.7 Å². The summed E-state index contributed by atoms with van der Waals surface area (Å²) in [5.74, 6) is 0. The third-order valence-corrected chi connectivity index (χ3v) is 4.75. The van der Waals surface area contributed by atoms with Gasteiger partial charge in [0, 0.05) is 0 Å². The Morgan fingerprint density at radius 2 is 1.67 bits per heavy atom. The Kier molecular flexibility index (Phi) is 4.01. The Balaban J connectivity index is 2.48. The molecule has 0 radical (unpaired) electrons. The van der Waals surface area contributed by atoms with E-state index in [1.54, 1.807) is 25.1 Å². The van der Waals surface area contributed by atoms with Gasteiger partial charge in [0.2, 0.25) is 0 Å². The van der Waals surface area contributed by atoms with Crippen LogP contribution >= 0.6 is 0 Å². The highest BCUT2D eigenvalue weighted by molar-refractivity contribution is 7.92. The van der Waals surface area contributed by atoms with Gasteiger partial charge in [-0.1, -0.05) is 18.2 Å². The monoisotopic (exact) mass is 300 g/mol. The number of sulfonamides is 1. The first-order valence-electron chi connectivity index (χ1n) is 6.44. The summed E-state index contributed by atoms with van der Waals surface area (Å²) < 4.78 is 27.7. The second-order valence-corrected chi connectivity index (χ2v) is 6.67. The van der Waals surface area contributed by atoms with Crippen molar-refractivity contribution >= 4 is 15.7 Å². The van der Waals surface area contributed by atoms with E-state index in [2.05, 4.69) is 4.72 Å². The third kappa shape index (κ3) is 3.23. The molecule has 0 aromatic heterocycles. The summed E-state index contributed by atoms with van der Waals surface area (Å²) in [6, 6.07) is 12.2. The number of hydrogen-bond donors (Lipinski definition) is 1. The van der Waals surface area contributed by atoms with Crippen molar-refractivity contribution < 1.29 is 8.42 Å². The maximum Gasteiger partial charge on any atom is 0.262 e. The molecule has 21 heavy (non-hydrogen) atoms. The van der Waals surface area contributed by atoms with Gasteiger partial charge in [0.05, 0.1) is 22.2 Å². The lowest BCUT2D eigenvalue weighted by Gasteiger charge is -2.13. The van der Waals surface area contributed by atoms with E-state index in [0.717, 1.165) is 11.1 Å². The number of nitriles is 1. The van der Waals surface area contributed by atoms with Crippen LogP contribution < -0.4 is 4.72 Å². The number of aryl methyl sites for hydroxylation is 3. The first kappa shape index (κ1) is 15.1. The highest BCUT2D eigenvalue weighted by atomic mass is 32.2. The molecule has 2 aromatic carbocycles. The van der Waals surface area contributed by atoms with Crippen LogP contribution in [-0.2, 0) is 10.0 Å². The minimum atomic E-state index is -3.72. The Bertz CT molecular complexity index is 834. The highest BCUT2D eigenvalue weighted by Gasteiger charge is 2.18. The molecule has 108 valence electrons. The van der Waals surface area contributed by atoms with Crippen LogP contribution in [0.5, 0.6) is 0 Å². The van der Waals surface area contributed by atoms with Crippen LogP contribution in [0.3, 0.4) is 0 Å². The van der Waals surface area contributed by atoms with Crippen LogP contribution in [0.15, 0.2) is 41.3 Å². The van der Waals surface area contributed by atoms with Crippen LogP contribution in [-0.4, -0.2) is 8.42 Å². The molecule has 1 N–H and O–H groups in total. The summed E-state index contributed by atoms with van der Waals surface area (Å²) in [5, 5.41) is 8.92. The molecule has 0 atom stereocenters. The quantitative estimate of drug-likeness (QED) is 0.945. The first-order valence-corrected chi connectivity index (χ1v) is 7.92. The van der Waals surface area contributed by atoms with Gasteiger partial charge in [-0.05, 0) is 55.7 Å². The largest absolute Gasteiger partial charge is 0.279 e. The van der Waals surface area contributed by atoms with Crippen LogP contribution in [0, 0.1) is 32.1 Å². The fourth-order valence-electron chi connectivity index (χ4n) is 2.00. The Morgan fingerprint density at radius 1 is 1.00 bits per heavy atom. The maximum absolute atomic E-state index is 12.5. The molecule has 0 saturated carbocycles. The lowest BCUT2D eigenvalue weighted by molar-refractivity contribution is 0.600. The Morgan fingerprint density at radius 3 is 2.33 bits per heavy atom. The smallest absolute Gasteiger partial charge is 0.262 e. The molecule has 0 aliphatic heterocycles. The summed E-state index contributed by atoms with van der Waals surface area (Å²) in [7, 11) is -3.72. The molecule has 4 nitrogen and oxygen atoms in total. The summed E-state index contributed by atoms with van der Waals surface area (Å²) in [6.45, 7) is 5.45. The van der Waals surface area contributed by atoms with Crippen molar-refractivity contribution in [1.82, 2.24) is 0 Å². The van der Waals surface area contributed by atoms with Gasteiger partial charge in [-0.15, -0.1) is 0 Å². The molecule has 5 heteroatoms. The number of nitrogens with zero attached hydrogens (tertiary/aromatic N) is 1. The summed E-state index contributed by atoms with van der Waals surface area (Å²) >= 11 is 0. The van der Waals surface area contributed by atoms with E-state index in [9.17, 15) is 8.42 Å². The standard InChI is InChI=1S/C16H16N2O2S/c1-11-4-5-12(2)15(8-11)18-21(19,20)16-9-14(10-17)7-6-13(16)3/h4-9,18H,1-3H3. The topological polar surface area (TPSA) is 70.0 Å². The Labute approximate surface area is 125 Å². The van der Waals surface area contributed by atoms with E-state index in [0.29, 0.717) is 16.8 Å². The number of nitrogens with one attached hydrogen (secondary N) is 1. The molecule has 0 heterocycles. The number of benzene rings is 2. The second kappa shape index (κ2) is 5.58. The normalized spacial score (nSPS) is 11.0. The molecule has 2 rings (SSSR count). The predicted octanol–water partition coefficient (Wildman–Crippen LogP) is 3.28. The lowest BCUT2D eigenvalue weighted by Crippen LogP contribution is -2.15. The summed E-state index contributed by atoms with van der Waals surface area (Å²) in [4.78, 5) is 0.127. The van der Waals surface area contributed by atoms with E-state index in [4.69, 9.17) is 5.26 Å². The van der Waals surface area contributed by atoms with Gasteiger partial charge in [0.25, 0.3) is 10.0 Å². The van der Waals surface area contributed by atoms with Gasteiger partial charge in [0.1, 0.15) is 0 Å². The Hall–Kier alpha value is -2.32. The van der Waals surface area contributed by atoms with Crippen LogP contribution in [0.1, 0.15) is 22.3 Å². The zero-order valence-electron chi connectivity index (χ0n) is 12.1. The van der Waals surface area contributed by atoms with Gasteiger partial charge >= 0.3 is 0 Å². The average Bonchev–Trinajstić information content (AvgIpc) is 2.43. The lowest BCUT2D eigenvalue weighted by atomic mass is 10.1. The van der Waals surface area contributed by atoms with Crippen LogP contribution in [0.2, 0.25) is 0 Å². The molecule has 0 amide bonds. The van der Waals surface area contributed by atoms with Crippen molar-refractivity contribution in [3.05, 3.63) is 58.7 Å². The second-order valence-electron chi connectivity index (χ2n) is 5.02. The number of rotatable bonds is 3. The fraction of sp³-hybridized carbons (Fsp3) is 0.188. The molecule has 0 bridgehead atoms. The van der Waals surface area contributed by atoms with Crippen molar-refractivity contribution in [1.29, 1.82) is 5.26 Å². The third-order valence-electron chi connectivity index (χ3n) is 3.24. The predicted molar refractivity (Wildman–Crippen MR) is 82.6 cm³/mol. The van der Waals surface area contributed by atoms with E-state index >= 15 is 0 Å². The molecule has 0 saturated heterocycles.